The number of aryl methyl sites for hydroxylation is 1. The second-order valence-electron chi connectivity index (χ2n) is 6.58. The standard InChI is InChI=1S/C16H26N2/c1-6-7-11(2)18-12(3)8-13-14(17)9-16(4,5)10-15(13)18/h6,8,11,14H,1,7,9-10,17H2,2-5H3. The average molecular weight is 246 g/mol. The van der Waals surface area contributed by atoms with E-state index < -0.39 is 0 Å². The van der Waals surface area contributed by atoms with Crippen LogP contribution in [-0.4, -0.2) is 4.57 Å². The fraction of sp³-hybridized carbons (Fsp3) is 0.625. The van der Waals surface area contributed by atoms with Gasteiger partial charge in [-0.1, -0.05) is 19.9 Å². The summed E-state index contributed by atoms with van der Waals surface area (Å²) in [5.41, 5.74) is 10.8. The summed E-state index contributed by atoms with van der Waals surface area (Å²) in [7, 11) is 0. The molecule has 2 rings (SSSR count). The van der Waals surface area contributed by atoms with E-state index in [1.54, 1.807) is 0 Å². The summed E-state index contributed by atoms with van der Waals surface area (Å²) in [6.45, 7) is 13.0. The van der Waals surface area contributed by atoms with Crippen LogP contribution in [0.3, 0.4) is 0 Å². The molecule has 0 bridgehead atoms. The predicted molar refractivity (Wildman–Crippen MR) is 77.7 cm³/mol. The third-order valence-electron chi connectivity index (χ3n) is 4.13. The summed E-state index contributed by atoms with van der Waals surface area (Å²) in [6.07, 6.45) is 5.23. The third-order valence-corrected chi connectivity index (χ3v) is 4.13. The summed E-state index contributed by atoms with van der Waals surface area (Å²) in [4.78, 5) is 0. The number of nitrogens with zero attached hydrogens (tertiary/aromatic N) is 1. The van der Waals surface area contributed by atoms with Crippen LogP contribution in [0.25, 0.3) is 0 Å². The fourth-order valence-corrected chi connectivity index (χ4v) is 3.43. The maximum Gasteiger partial charge on any atom is 0.0342 e. The van der Waals surface area contributed by atoms with E-state index in [0.717, 1.165) is 19.3 Å². The first-order valence-electron chi connectivity index (χ1n) is 6.93. The van der Waals surface area contributed by atoms with Crippen molar-refractivity contribution in [3.8, 4) is 0 Å². The van der Waals surface area contributed by atoms with Crippen LogP contribution in [0.2, 0.25) is 0 Å². The largest absolute Gasteiger partial charge is 0.345 e. The van der Waals surface area contributed by atoms with Gasteiger partial charge >= 0.3 is 0 Å². The van der Waals surface area contributed by atoms with Crippen molar-refractivity contribution in [3.63, 3.8) is 0 Å². The van der Waals surface area contributed by atoms with Crippen LogP contribution in [0, 0.1) is 12.3 Å². The van der Waals surface area contributed by atoms with Gasteiger partial charge in [-0.3, -0.25) is 0 Å². The van der Waals surface area contributed by atoms with Crippen molar-refractivity contribution >= 4 is 0 Å². The molecule has 1 heterocycles. The highest BCUT2D eigenvalue weighted by molar-refractivity contribution is 5.34. The van der Waals surface area contributed by atoms with Gasteiger partial charge in [0.2, 0.25) is 0 Å². The first-order valence-corrected chi connectivity index (χ1v) is 6.93. The van der Waals surface area contributed by atoms with Crippen molar-refractivity contribution in [1.29, 1.82) is 0 Å². The molecule has 2 N–H and O–H groups in total. The minimum Gasteiger partial charge on any atom is -0.345 e. The second-order valence-corrected chi connectivity index (χ2v) is 6.58. The topological polar surface area (TPSA) is 30.9 Å². The third kappa shape index (κ3) is 2.26. The number of nitrogens with two attached hydrogens (primary N) is 1. The van der Waals surface area contributed by atoms with Gasteiger partial charge in [0.25, 0.3) is 0 Å². The molecule has 1 aliphatic rings. The van der Waals surface area contributed by atoms with Crippen molar-refractivity contribution in [3.05, 3.63) is 35.7 Å². The van der Waals surface area contributed by atoms with Crippen molar-refractivity contribution in [1.82, 2.24) is 4.57 Å². The lowest BCUT2D eigenvalue weighted by molar-refractivity contribution is 0.272. The normalized spacial score (nSPS) is 23.5. The van der Waals surface area contributed by atoms with E-state index in [2.05, 4.69) is 44.9 Å². The molecule has 0 aromatic carbocycles. The molecule has 1 aromatic rings. The van der Waals surface area contributed by atoms with Gasteiger partial charge in [0.1, 0.15) is 0 Å². The van der Waals surface area contributed by atoms with Crippen LogP contribution in [0.15, 0.2) is 18.7 Å². The molecule has 1 aliphatic carbocycles. The highest BCUT2D eigenvalue weighted by Crippen LogP contribution is 2.42. The van der Waals surface area contributed by atoms with Crippen LogP contribution in [0.1, 0.15) is 62.6 Å². The first-order chi connectivity index (χ1) is 8.35. The monoisotopic (exact) mass is 246 g/mol. The Bertz CT molecular complexity index is 454. The molecule has 0 saturated heterocycles. The summed E-state index contributed by atoms with van der Waals surface area (Å²) >= 11 is 0. The minimum absolute atomic E-state index is 0.194. The van der Waals surface area contributed by atoms with E-state index >= 15 is 0 Å². The minimum atomic E-state index is 0.194. The van der Waals surface area contributed by atoms with Gasteiger partial charge in [-0.25, -0.2) is 0 Å². The van der Waals surface area contributed by atoms with Crippen molar-refractivity contribution in [2.45, 2.75) is 59.0 Å². The van der Waals surface area contributed by atoms with Gasteiger partial charge in [-0.15, -0.1) is 6.58 Å². The molecular weight excluding hydrogens is 220 g/mol. The summed E-state index contributed by atoms with van der Waals surface area (Å²) in [5, 5.41) is 0. The Labute approximate surface area is 111 Å². The Kier molecular flexibility index (Phi) is 3.41. The van der Waals surface area contributed by atoms with Crippen LogP contribution in [0.4, 0.5) is 0 Å². The molecule has 18 heavy (non-hydrogen) atoms. The number of hydrogen-bond donors (Lipinski definition) is 1. The number of hydrogen-bond acceptors (Lipinski definition) is 1. The Morgan fingerprint density at radius 1 is 1.61 bits per heavy atom. The first kappa shape index (κ1) is 13.4. The number of fused-ring (bicyclic) bond motifs is 1. The Morgan fingerprint density at radius 3 is 2.89 bits per heavy atom. The average Bonchev–Trinajstić information content (AvgIpc) is 2.53. The van der Waals surface area contributed by atoms with Gasteiger partial charge in [0.05, 0.1) is 0 Å². The van der Waals surface area contributed by atoms with Crippen LogP contribution < -0.4 is 5.73 Å². The quantitative estimate of drug-likeness (QED) is 0.806. The highest BCUT2D eigenvalue weighted by atomic mass is 15.0. The zero-order valence-corrected chi connectivity index (χ0v) is 12.2. The number of aromatic nitrogens is 1. The SMILES string of the molecule is C=CCC(C)n1c(C)cc2c1CC(C)(C)CC2N. The molecule has 0 radical (unpaired) electrons. The number of allylic oxidation sites excluding steroid dienone is 1. The predicted octanol–water partition coefficient (Wildman–Crippen LogP) is 3.91. The van der Waals surface area contributed by atoms with Gasteiger partial charge in [-0.2, -0.15) is 0 Å². The van der Waals surface area contributed by atoms with Crippen LogP contribution >= 0.6 is 0 Å². The Hall–Kier alpha value is -1.02. The lowest BCUT2D eigenvalue weighted by atomic mass is 9.74. The van der Waals surface area contributed by atoms with Crippen LogP contribution in [-0.2, 0) is 6.42 Å². The molecule has 2 nitrogen and oxygen atoms in total. The molecule has 0 aliphatic heterocycles. The summed E-state index contributed by atoms with van der Waals surface area (Å²) < 4.78 is 2.47. The molecule has 2 heteroatoms. The van der Waals surface area contributed by atoms with E-state index in [9.17, 15) is 0 Å². The van der Waals surface area contributed by atoms with Gasteiger partial charge < -0.3 is 10.3 Å². The molecule has 0 saturated carbocycles. The van der Waals surface area contributed by atoms with Gasteiger partial charge in [0, 0.05) is 23.5 Å². The maximum atomic E-state index is 6.34. The zero-order valence-electron chi connectivity index (χ0n) is 12.2. The van der Waals surface area contributed by atoms with E-state index in [1.165, 1.54) is 17.0 Å². The lowest BCUT2D eigenvalue weighted by Crippen LogP contribution is -2.31. The number of rotatable bonds is 3. The highest BCUT2D eigenvalue weighted by Gasteiger charge is 2.33. The van der Waals surface area contributed by atoms with E-state index in [1.807, 2.05) is 6.08 Å². The second kappa shape index (κ2) is 4.58. The van der Waals surface area contributed by atoms with Gasteiger partial charge in [0.15, 0.2) is 0 Å². The van der Waals surface area contributed by atoms with E-state index in [-0.39, 0.29) is 6.04 Å². The van der Waals surface area contributed by atoms with Crippen LogP contribution in [0.5, 0.6) is 0 Å². The van der Waals surface area contributed by atoms with Crippen molar-refractivity contribution < 1.29 is 0 Å². The van der Waals surface area contributed by atoms with Crippen molar-refractivity contribution in [2.75, 3.05) is 0 Å². The smallest absolute Gasteiger partial charge is 0.0342 e. The molecular formula is C16H26N2. The summed E-state index contributed by atoms with van der Waals surface area (Å²) in [5.74, 6) is 0. The molecule has 2 atom stereocenters. The fourth-order valence-electron chi connectivity index (χ4n) is 3.43. The molecule has 0 amide bonds. The Balaban J connectivity index is 2.47. The molecule has 1 aromatic heterocycles. The zero-order chi connectivity index (χ0) is 13.5. The maximum absolute atomic E-state index is 6.34. The summed E-state index contributed by atoms with van der Waals surface area (Å²) in [6, 6.07) is 2.96. The molecule has 0 spiro atoms. The van der Waals surface area contributed by atoms with Crippen molar-refractivity contribution in [2.24, 2.45) is 11.1 Å². The molecule has 0 fully saturated rings. The molecule has 100 valence electrons. The molecule has 2 unspecified atom stereocenters. The van der Waals surface area contributed by atoms with E-state index in [0.29, 0.717) is 11.5 Å². The van der Waals surface area contributed by atoms with Gasteiger partial charge in [-0.05, 0) is 50.2 Å². The Morgan fingerprint density at radius 2 is 2.28 bits per heavy atom. The van der Waals surface area contributed by atoms with E-state index in [4.69, 9.17) is 5.73 Å². The lowest BCUT2D eigenvalue weighted by Gasteiger charge is -2.35.